The van der Waals surface area contributed by atoms with Crippen molar-refractivity contribution in [3.63, 3.8) is 0 Å². The number of aliphatic hydroxyl groups excluding tert-OH is 4. The summed E-state index contributed by atoms with van der Waals surface area (Å²) in [6.07, 6.45) is 5.41. The molecule has 3 rings (SSSR count). The summed E-state index contributed by atoms with van der Waals surface area (Å²) in [7, 11) is 0. The van der Waals surface area contributed by atoms with Crippen molar-refractivity contribution in [1.82, 2.24) is 4.90 Å². The van der Waals surface area contributed by atoms with Crippen LogP contribution in [0.1, 0.15) is 51.9 Å². The maximum absolute atomic E-state index is 9.97. The number of carbonyl (C=O) groups is 1. The first kappa shape index (κ1) is 24.5. The smallest absolute Gasteiger partial charge is 0.300 e. The lowest BCUT2D eigenvalue weighted by Crippen LogP contribution is -2.62. The van der Waals surface area contributed by atoms with E-state index >= 15 is 0 Å². The number of hydrogen-bond acceptors (Lipinski definition) is 7. The molecule has 0 aromatic rings. The topological polar surface area (TPSA) is 131 Å². The molecule has 29 heavy (non-hydrogen) atoms. The third-order valence-corrected chi connectivity index (χ3v) is 6.67. The van der Waals surface area contributed by atoms with E-state index in [1.165, 1.54) is 25.7 Å². The quantitative estimate of drug-likeness (QED) is 0.342. The van der Waals surface area contributed by atoms with E-state index in [1.54, 1.807) is 0 Å². The Kier molecular flexibility index (Phi) is 10.3. The van der Waals surface area contributed by atoms with Crippen LogP contribution in [0.3, 0.4) is 0 Å². The van der Waals surface area contributed by atoms with Gasteiger partial charge in [-0.3, -0.25) is 9.69 Å². The minimum absolute atomic E-state index is 0.211. The van der Waals surface area contributed by atoms with E-state index in [9.17, 15) is 20.4 Å². The lowest BCUT2D eigenvalue weighted by molar-refractivity contribution is -0.145. The fourth-order valence-electron chi connectivity index (χ4n) is 5.15. The Labute approximate surface area is 173 Å². The molecule has 8 heteroatoms. The van der Waals surface area contributed by atoms with E-state index in [1.807, 2.05) is 4.90 Å². The third-order valence-electron chi connectivity index (χ3n) is 6.67. The van der Waals surface area contributed by atoms with E-state index in [0.29, 0.717) is 13.1 Å². The van der Waals surface area contributed by atoms with Gasteiger partial charge in [-0.1, -0.05) is 6.42 Å². The number of β-amino-alcohol motifs (C(OH)–C–C–N with tert-alkyl or cyclic N) is 1. The van der Waals surface area contributed by atoms with Gasteiger partial charge in [0.05, 0.1) is 18.8 Å². The van der Waals surface area contributed by atoms with Gasteiger partial charge in [0.25, 0.3) is 5.97 Å². The minimum Gasteiger partial charge on any atom is -0.481 e. The Bertz CT molecular complexity index is 488. The van der Waals surface area contributed by atoms with Gasteiger partial charge < -0.3 is 30.3 Å². The molecule has 2 aliphatic carbocycles. The molecule has 0 aromatic heterocycles. The van der Waals surface area contributed by atoms with Gasteiger partial charge in [-0.25, -0.2) is 0 Å². The monoisotopic (exact) mass is 417 g/mol. The van der Waals surface area contributed by atoms with Crippen LogP contribution < -0.4 is 0 Å². The number of carboxylic acids is 1. The molecule has 1 aliphatic heterocycles. The average molecular weight is 418 g/mol. The summed E-state index contributed by atoms with van der Waals surface area (Å²) in [5, 5.41) is 46.3. The summed E-state index contributed by atoms with van der Waals surface area (Å²) >= 11 is 0. The van der Waals surface area contributed by atoms with Crippen LogP contribution in [-0.2, 0) is 9.53 Å². The Balaban J connectivity index is 0.000000687. The number of carboxylic acid groups (broad SMARTS) is 1. The van der Waals surface area contributed by atoms with Gasteiger partial charge in [-0.05, 0) is 62.8 Å². The molecular formula is C21H39NO7. The minimum atomic E-state index is -1.17. The molecule has 8 nitrogen and oxygen atoms in total. The molecule has 1 heterocycles. The number of fused-ring (bicyclic) bond motifs is 2. The van der Waals surface area contributed by atoms with Gasteiger partial charge in [-0.2, -0.15) is 0 Å². The second-order valence-electron chi connectivity index (χ2n) is 8.88. The van der Waals surface area contributed by atoms with Gasteiger partial charge in [-0.15, -0.1) is 0 Å². The number of piperidine rings is 1. The molecule has 0 spiro atoms. The molecule has 3 aliphatic rings. The first-order chi connectivity index (χ1) is 13.8. The zero-order chi connectivity index (χ0) is 21.4. The van der Waals surface area contributed by atoms with Crippen LogP contribution in [0.5, 0.6) is 0 Å². The fraction of sp³-hybridized carbons (Fsp3) is 0.952. The molecule has 2 bridgehead atoms. The average Bonchev–Trinajstić information content (AvgIpc) is 3.28. The van der Waals surface area contributed by atoms with E-state index in [4.69, 9.17) is 14.6 Å². The second kappa shape index (κ2) is 12.2. The van der Waals surface area contributed by atoms with Crippen LogP contribution in [0.2, 0.25) is 0 Å². The predicted molar refractivity (Wildman–Crippen MR) is 107 cm³/mol. The predicted octanol–water partition coefficient (Wildman–Crippen LogP) is 0.460. The zero-order valence-corrected chi connectivity index (χ0v) is 17.5. The second-order valence-corrected chi connectivity index (χ2v) is 8.88. The van der Waals surface area contributed by atoms with E-state index in [0.717, 1.165) is 57.2 Å². The van der Waals surface area contributed by atoms with Crippen LogP contribution in [0.25, 0.3) is 0 Å². The molecular weight excluding hydrogens is 378 g/mol. The molecule has 7 atom stereocenters. The van der Waals surface area contributed by atoms with Crippen LogP contribution in [0, 0.1) is 17.8 Å². The fourth-order valence-corrected chi connectivity index (χ4v) is 5.15. The van der Waals surface area contributed by atoms with Gasteiger partial charge in [0.15, 0.2) is 0 Å². The van der Waals surface area contributed by atoms with Gasteiger partial charge in [0.2, 0.25) is 0 Å². The van der Waals surface area contributed by atoms with Crippen molar-refractivity contribution in [3.8, 4) is 0 Å². The number of rotatable bonds is 9. The van der Waals surface area contributed by atoms with Gasteiger partial charge in [0, 0.05) is 26.7 Å². The standard InChI is InChI=1S/C19H35NO5.C2H4O2/c21-11-16-18(23)19(24)17(22)10-20(16)6-2-1-3-7-25-12-15-9-13-4-5-14(15)8-13;1-2(3)4/h13-19,21-24H,1-12H2;1H3,(H,3,4)/t13?,14?,15-,16+,17-,18+,19+;/m0./s1. The summed E-state index contributed by atoms with van der Waals surface area (Å²) in [5.41, 5.74) is 0. The molecule has 0 aromatic carbocycles. The van der Waals surface area contributed by atoms with Crippen LogP contribution in [-0.4, -0.2) is 93.7 Å². The van der Waals surface area contributed by atoms with Crippen molar-refractivity contribution in [2.24, 2.45) is 17.8 Å². The lowest BCUT2D eigenvalue weighted by atomic mass is 9.90. The number of aliphatic carboxylic acids is 1. The number of aliphatic hydroxyl groups is 4. The van der Waals surface area contributed by atoms with Crippen LogP contribution in [0.15, 0.2) is 0 Å². The molecule has 170 valence electrons. The molecule has 1 saturated heterocycles. The number of nitrogens with zero attached hydrogens (tertiary/aromatic N) is 1. The highest BCUT2D eigenvalue weighted by Crippen LogP contribution is 2.48. The largest absolute Gasteiger partial charge is 0.481 e. The SMILES string of the molecule is CC(=O)O.OC[C@@H]1[C@@H](O)[C@H](O)[C@@H](O)CN1CCCCCOC[C@@H]1CC2CCC1C2. The Hall–Kier alpha value is -0.770. The maximum atomic E-state index is 9.97. The molecule has 2 unspecified atom stereocenters. The highest BCUT2D eigenvalue weighted by Gasteiger charge is 2.41. The molecule has 0 amide bonds. The first-order valence-corrected chi connectivity index (χ1v) is 11.0. The van der Waals surface area contributed by atoms with Crippen molar-refractivity contribution in [2.45, 2.75) is 76.2 Å². The Morgan fingerprint density at radius 2 is 1.79 bits per heavy atom. The Morgan fingerprint density at radius 3 is 2.38 bits per heavy atom. The van der Waals surface area contributed by atoms with Crippen molar-refractivity contribution in [1.29, 1.82) is 0 Å². The number of likely N-dealkylation sites (tertiary alicyclic amines) is 1. The molecule has 3 fully saturated rings. The van der Waals surface area contributed by atoms with Crippen molar-refractivity contribution in [2.75, 3.05) is 32.9 Å². The lowest BCUT2D eigenvalue weighted by Gasteiger charge is -2.43. The van der Waals surface area contributed by atoms with Crippen LogP contribution in [0.4, 0.5) is 0 Å². The number of unbranched alkanes of at least 4 members (excludes halogenated alkanes) is 2. The summed E-state index contributed by atoms with van der Waals surface area (Å²) < 4.78 is 5.89. The highest BCUT2D eigenvalue weighted by atomic mass is 16.5. The zero-order valence-electron chi connectivity index (χ0n) is 17.5. The summed E-state index contributed by atoms with van der Waals surface area (Å²) in [6, 6.07) is -0.493. The summed E-state index contributed by atoms with van der Waals surface area (Å²) in [4.78, 5) is 10.9. The number of ether oxygens (including phenoxy) is 1. The molecule has 0 radical (unpaired) electrons. The van der Waals surface area contributed by atoms with Crippen molar-refractivity contribution < 1.29 is 35.1 Å². The highest BCUT2D eigenvalue weighted by molar-refractivity contribution is 5.62. The first-order valence-electron chi connectivity index (χ1n) is 11.0. The molecule has 2 saturated carbocycles. The third kappa shape index (κ3) is 7.45. The van der Waals surface area contributed by atoms with E-state index < -0.39 is 30.3 Å². The number of hydrogen-bond donors (Lipinski definition) is 5. The molecule has 5 N–H and O–H groups in total. The van der Waals surface area contributed by atoms with Crippen molar-refractivity contribution >= 4 is 5.97 Å². The van der Waals surface area contributed by atoms with Gasteiger partial charge >= 0.3 is 0 Å². The Morgan fingerprint density at radius 1 is 1.07 bits per heavy atom. The van der Waals surface area contributed by atoms with Crippen molar-refractivity contribution in [3.05, 3.63) is 0 Å². The van der Waals surface area contributed by atoms with Gasteiger partial charge in [0.1, 0.15) is 12.2 Å². The maximum Gasteiger partial charge on any atom is 0.300 e. The normalized spacial score (nSPS) is 36.7. The van der Waals surface area contributed by atoms with E-state index in [2.05, 4.69) is 0 Å². The summed E-state index contributed by atoms with van der Waals surface area (Å²) in [6.45, 7) is 3.61. The van der Waals surface area contributed by atoms with Crippen LogP contribution >= 0.6 is 0 Å². The van der Waals surface area contributed by atoms with E-state index in [-0.39, 0.29) is 6.61 Å². The summed E-state index contributed by atoms with van der Waals surface area (Å²) in [5.74, 6) is 1.87.